The van der Waals surface area contributed by atoms with Crippen molar-refractivity contribution >= 4 is 11.8 Å². The van der Waals surface area contributed by atoms with E-state index in [0.29, 0.717) is 13.1 Å². The Morgan fingerprint density at radius 2 is 1.71 bits per heavy atom. The Labute approximate surface area is 203 Å². The van der Waals surface area contributed by atoms with Gasteiger partial charge in [-0.25, -0.2) is 0 Å². The van der Waals surface area contributed by atoms with Crippen molar-refractivity contribution in [1.82, 2.24) is 15.5 Å². The molecular formula is C29H37N3O2. The molecule has 2 saturated heterocycles. The first kappa shape index (κ1) is 23.1. The summed E-state index contributed by atoms with van der Waals surface area (Å²) in [5.74, 6) is 0.393. The lowest BCUT2D eigenvalue weighted by Crippen LogP contribution is -2.63. The van der Waals surface area contributed by atoms with E-state index in [-0.39, 0.29) is 23.8 Å². The van der Waals surface area contributed by atoms with Gasteiger partial charge in [0.1, 0.15) is 0 Å². The van der Waals surface area contributed by atoms with Crippen LogP contribution in [0.15, 0.2) is 48.5 Å². The molecule has 5 nitrogen and oxygen atoms in total. The van der Waals surface area contributed by atoms with Gasteiger partial charge >= 0.3 is 0 Å². The lowest BCUT2D eigenvalue weighted by Gasteiger charge is -2.40. The molecule has 5 heteroatoms. The van der Waals surface area contributed by atoms with Crippen LogP contribution in [0.5, 0.6) is 0 Å². The number of likely N-dealkylation sites (tertiary alicyclic amines) is 1. The van der Waals surface area contributed by atoms with E-state index in [0.717, 1.165) is 38.6 Å². The lowest BCUT2D eigenvalue weighted by atomic mass is 9.75. The predicted octanol–water partition coefficient (Wildman–Crippen LogP) is 4.18. The van der Waals surface area contributed by atoms with Crippen LogP contribution < -0.4 is 10.6 Å². The van der Waals surface area contributed by atoms with Crippen molar-refractivity contribution in [2.75, 3.05) is 19.6 Å². The molecule has 34 heavy (non-hydrogen) atoms. The van der Waals surface area contributed by atoms with E-state index >= 15 is 0 Å². The van der Waals surface area contributed by atoms with Crippen molar-refractivity contribution in [3.63, 3.8) is 0 Å². The zero-order chi connectivity index (χ0) is 23.9. The third kappa shape index (κ3) is 3.84. The van der Waals surface area contributed by atoms with Crippen LogP contribution in [0.1, 0.15) is 67.3 Å². The minimum Gasteiger partial charge on any atom is -0.347 e. The van der Waals surface area contributed by atoms with E-state index in [2.05, 4.69) is 71.8 Å². The number of amides is 2. The number of nitrogens with one attached hydrogen (secondary N) is 2. The molecular weight excluding hydrogens is 422 g/mol. The van der Waals surface area contributed by atoms with Crippen molar-refractivity contribution in [2.45, 2.75) is 69.9 Å². The van der Waals surface area contributed by atoms with Gasteiger partial charge in [-0.05, 0) is 50.8 Å². The van der Waals surface area contributed by atoms with Gasteiger partial charge in [-0.3, -0.25) is 9.59 Å². The van der Waals surface area contributed by atoms with Crippen LogP contribution in [0.3, 0.4) is 0 Å². The fourth-order valence-electron chi connectivity index (χ4n) is 7.15. The third-order valence-electron chi connectivity index (χ3n) is 8.42. The van der Waals surface area contributed by atoms with Crippen LogP contribution >= 0.6 is 0 Å². The maximum absolute atomic E-state index is 14.7. The summed E-state index contributed by atoms with van der Waals surface area (Å²) >= 11 is 0. The highest BCUT2D eigenvalue weighted by Gasteiger charge is 2.58. The number of rotatable bonds is 4. The minimum atomic E-state index is -0.484. The van der Waals surface area contributed by atoms with Gasteiger partial charge in [0.2, 0.25) is 11.8 Å². The fraction of sp³-hybridized carbons (Fsp3) is 0.517. The molecule has 180 valence electrons. The number of aryl methyl sites for hydroxylation is 2. The average molecular weight is 460 g/mol. The monoisotopic (exact) mass is 459 g/mol. The van der Waals surface area contributed by atoms with E-state index < -0.39 is 11.0 Å². The molecule has 1 aliphatic carbocycles. The Kier molecular flexibility index (Phi) is 6.01. The molecule has 1 saturated carbocycles. The van der Waals surface area contributed by atoms with Crippen molar-refractivity contribution in [1.29, 1.82) is 0 Å². The number of benzene rings is 2. The number of nitrogens with zero attached hydrogens (tertiary/aromatic N) is 1. The van der Waals surface area contributed by atoms with Crippen LogP contribution in [0.4, 0.5) is 0 Å². The summed E-state index contributed by atoms with van der Waals surface area (Å²) in [5.41, 5.74) is 3.83. The van der Waals surface area contributed by atoms with Crippen molar-refractivity contribution in [3.8, 4) is 0 Å². The molecule has 3 atom stereocenters. The Balaban J connectivity index is 1.62. The number of hydrogen-bond acceptors (Lipinski definition) is 3. The Morgan fingerprint density at radius 1 is 1.03 bits per heavy atom. The van der Waals surface area contributed by atoms with Crippen molar-refractivity contribution in [3.05, 3.63) is 70.8 Å². The second kappa shape index (κ2) is 8.84. The molecule has 0 bridgehead atoms. The van der Waals surface area contributed by atoms with E-state index in [9.17, 15) is 9.59 Å². The lowest BCUT2D eigenvalue weighted by molar-refractivity contribution is -0.139. The van der Waals surface area contributed by atoms with Crippen molar-refractivity contribution in [2.24, 2.45) is 5.92 Å². The Morgan fingerprint density at radius 3 is 2.35 bits per heavy atom. The predicted molar refractivity (Wildman–Crippen MR) is 134 cm³/mol. The Bertz CT molecular complexity index is 1060. The molecule has 2 amide bonds. The molecule has 2 aromatic rings. The largest absolute Gasteiger partial charge is 0.347 e. The van der Waals surface area contributed by atoms with Crippen LogP contribution in [0.2, 0.25) is 0 Å². The van der Waals surface area contributed by atoms with E-state index in [1.165, 1.54) is 22.3 Å². The van der Waals surface area contributed by atoms with Gasteiger partial charge in [-0.15, -0.1) is 0 Å². The summed E-state index contributed by atoms with van der Waals surface area (Å²) in [6, 6.07) is 17.0. The quantitative estimate of drug-likeness (QED) is 0.721. The standard InChI is InChI=1S/C29H37N3O2/c1-20-15-21(2)17-24(16-20)28(12-7-8-13-28)27(34)32-19-29(31-22(3)33)18-30-14-11-25(29)26(32)23-9-5-4-6-10-23/h4-6,9-10,15-17,25-26,30H,7-8,11-14,18-19H2,1-3H3,(H,31,33)/t25-,26-,29-/m1/s1. The van der Waals surface area contributed by atoms with Gasteiger partial charge in [0.25, 0.3) is 0 Å². The Hall–Kier alpha value is -2.66. The fourth-order valence-corrected chi connectivity index (χ4v) is 7.15. The molecule has 0 aromatic heterocycles. The van der Waals surface area contributed by atoms with Gasteiger partial charge in [0, 0.05) is 25.9 Å². The van der Waals surface area contributed by atoms with Gasteiger partial charge < -0.3 is 15.5 Å². The maximum Gasteiger partial charge on any atom is 0.233 e. The van der Waals surface area contributed by atoms with Gasteiger partial charge in [0.15, 0.2) is 0 Å². The molecule has 2 aliphatic heterocycles. The summed E-state index contributed by atoms with van der Waals surface area (Å²) in [6.07, 6.45) is 4.86. The second-order valence-corrected chi connectivity index (χ2v) is 10.9. The van der Waals surface area contributed by atoms with Crippen molar-refractivity contribution < 1.29 is 9.59 Å². The summed E-state index contributed by atoms with van der Waals surface area (Å²) in [7, 11) is 0. The number of fused-ring (bicyclic) bond motifs is 1. The number of carbonyl (C=O) groups is 2. The molecule has 0 unspecified atom stereocenters. The van der Waals surface area contributed by atoms with Crippen LogP contribution in [0.25, 0.3) is 0 Å². The zero-order valence-corrected chi connectivity index (χ0v) is 20.7. The summed E-state index contributed by atoms with van der Waals surface area (Å²) in [5, 5.41) is 6.81. The average Bonchev–Trinajstić information content (AvgIpc) is 3.42. The SMILES string of the molecule is CC(=O)N[C@@]12CNCC[C@@H]1[C@@H](c1ccccc1)N(C(=O)C1(c3cc(C)cc(C)c3)CCCC1)C2. The first-order valence-corrected chi connectivity index (χ1v) is 12.8. The highest BCUT2D eigenvalue weighted by atomic mass is 16.2. The summed E-state index contributed by atoms with van der Waals surface area (Å²) < 4.78 is 0. The molecule has 2 heterocycles. The first-order chi connectivity index (χ1) is 16.3. The minimum absolute atomic E-state index is 0.0281. The zero-order valence-electron chi connectivity index (χ0n) is 20.7. The molecule has 3 fully saturated rings. The number of piperidine rings is 1. The van der Waals surface area contributed by atoms with Crippen LogP contribution in [-0.2, 0) is 15.0 Å². The number of hydrogen-bond donors (Lipinski definition) is 2. The maximum atomic E-state index is 14.7. The van der Waals surface area contributed by atoms with Gasteiger partial charge in [-0.2, -0.15) is 0 Å². The molecule has 2 N–H and O–H groups in total. The summed E-state index contributed by atoms with van der Waals surface area (Å²) in [4.78, 5) is 29.2. The van der Waals surface area contributed by atoms with E-state index in [1.54, 1.807) is 6.92 Å². The highest BCUT2D eigenvalue weighted by Crippen LogP contribution is 2.51. The third-order valence-corrected chi connectivity index (χ3v) is 8.42. The molecule has 5 rings (SSSR count). The number of carbonyl (C=O) groups excluding carboxylic acids is 2. The smallest absolute Gasteiger partial charge is 0.233 e. The van der Waals surface area contributed by atoms with E-state index in [4.69, 9.17) is 0 Å². The highest BCUT2D eigenvalue weighted by molar-refractivity contribution is 5.90. The topological polar surface area (TPSA) is 61.4 Å². The summed E-state index contributed by atoms with van der Waals surface area (Å²) in [6.45, 7) is 7.99. The normalized spacial score (nSPS) is 27.9. The molecule has 2 aromatic carbocycles. The first-order valence-electron chi connectivity index (χ1n) is 12.8. The molecule has 3 aliphatic rings. The van der Waals surface area contributed by atoms with Gasteiger partial charge in [0.05, 0.1) is 17.0 Å². The van der Waals surface area contributed by atoms with Crippen LogP contribution in [0, 0.1) is 19.8 Å². The van der Waals surface area contributed by atoms with Crippen LogP contribution in [-0.4, -0.2) is 41.9 Å². The second-order valence-electron chi connectivity index (χ2n) is 10.9. The van der Waals surface area contributed by atoms with E-state index in [1.807, 2.05) is 6.07 Å². The molecule has 0 radical (unpaired) electrons. The molecule has 0 spiro atoms. The van der Waals surface area contributed by atoms with Gasteiger partial charge in [-0.1, -0.05) is 72.5 Å².